The lowest BCUT2D eigenvalue weighted by atomic mass is 10.1. The van der Waals surface area contributed by atoms with Gasteiger partial charge in [-0.1, -0.05) is 66.7 Å². The molecule has 0 amide bonds. The van der Waals surface area contributed by atoms with Crippen molar-refractivity contribution < 1.29 is 4.74 Å². The third-order valence-corrected chi connectivity index (χ3v) is 4.04. The summed E-state index contributed by atoms with van der Waals surface area (Å²) in [5.41, 5.74) is 4.06. The number of hydrogen-bond donors (Lipinski definition) is 0. The van der Waals surface area contributed by atoms with Crippen molar-refractivity contribution in [3.63, 3.8) is 0 Å². The molecule has 2 nitrogen and oxygen atoms in total. The maximum atomic E-state index is 5.83. The first-order valence-corrected chi connectivity index (χ1v) is 7.96. The highest BCUT2D eigenvalue weighted by molar-refractivity contribution is 5.16. The van der Waals surface area contributed by atoms with Gasteiger partial charge in [-0.15, -0.1) is 0 Å². The second-order valence-corrected chi connectivity index (χ2v) is 5.81. The van der Waals surface area contributed by atoms with Crippen molar-refractivity contribution in [1.82, 2.24) is 4.90 Å². The van der Waals surface area contributed by atoms with Crippen LogP contribution in [-0.4, -0.2) is 24.6 Å². The van der Waals surface area contributed by atoms with Crippen molar-refractivity contribution in [1.29, 1.82) is 0 Å². The molecule has 0 N–H and O–H groups in total. The molecule has 2 heteroatoms. The van der Waals surface area contributed by atoms with Crippen molar-refractivity contribution in [2.45, 2.75) is 19.6 Å². The topological polar surface area (TPSA) is 12.5 Å². The maximum Gasteiger partial charge on any atom is 0.0721 e. The van der Waals surface area contributed by atoms with Crippen LogP contribution >= 0.6 is 0 Å². The molecule has 0 bridgehead atoms. The van der Waals surface area contributed by atoms with Gasteiger partial charge in [0.05, 0.1) is 13.2 Å². The molecule has 0 unspecified atom stereocenters. The van der Waals surface area contributed by atoms with Gasteiger partial charge < -0.3 is 4.74 Å². The fraction of sp³-hybridized carbons (Fsp3) is 0.300. The van der Waals surface area contributed by atoms with Crippen LogP contribution in [0, 0.1) is 0 Å². The third-order valence-electron chi connectivity index (χ3n) is 4.04. The van der Waals surface area contributed by atoms with E-state index in [0.717, 1.165) is 32.7 Å². The van der Waals surface area contributed by atoms with Crippen molar-refractivity contribution in [2.75, 3.05) is 19.7 Å². The molecule has 0 saturated heterocycles. The zero-order valence-corrected chi connectivity index (χ0v) is 12.9. The minimum absolute atomic E-state index is 0.700. The van der Waals surface area contributed by atoms with Gasteiger partial charge in [0.15, 0.2) is 0 Å². The zero-order valence-electron chi connectivity index (χ0n) is 12.9. The molecule has 0 saturated carbocycles. The number of nitrogens with zero attached hydrogens (tertiary/aromatic N) is 1. The Labute approximate surface area is 133 Å². The molecule has 0 spiro atoms. The summed E-state index contributed by atoms with van der Waals surface area (Å²) in [7, 11) is 0. The average molecular weight is 293 g/mol. The lowest BCUT2D eigenvalue weighted by molar-refractivity contribution is 0.136. The fourth-order valence-corrected chi connectivity index (χ4v) is 2.74. The molecule has 0 aromatic heterocycles. The van der Waals surface area contributed by atoms with Crippen LogP contribution in [0.3, 0.4) is 0 Å². The molecule has 1 heterocycles. The van der Waals surface area contributed by atoms with Gasteiger partial charge >= 0.3 is 0 Å². The first kappa shape index (κ1) is 15.0. The van der Waals surface area contributed by atoms with Crippen LogP contribution in [0.15, 0.2) is 72.3 Å². The fourth-order valence-electron chi connectivity index (χ4n) is 2.74. The van der Waals surface area contributed by atoms with Crippen LogP contribution in [0.25, 0.3) is 0 Å². The molecule has 0 fully saturated rings. The number of benzene rings is 2. The van der Waals surface area contributed by atoms with E-state index in [-0.39, 0.29) is 0 Å². The predicted octanol–water partition coefficient (Wildman–Crippen LogP) is 4.04. The molecule has 2 aromatic carbocycles. The van der Waals surface area contributed by atoms with Crippen LogP contribution in [-0.2, 0) is 17.9 Å². The van der Waals surface area contributed by atoms with E-state index in [0.29, 0.717) is 6.61 Å². The molecule has 22 heavy (non-hydrogen) atoms. The van der Waals surface area contributed by atoms with Crippen LogP contribution in [0.4, 0.5) is 0 Å². The molecule has 1 aliphatic rings. The zero-order chi connectivity index (χ0) is 15.0. The van der Waals surface area contributed by atoms with Gasteiger partial charge in [0.1, 0.15) is 0 Å². The Morgan fingerprint density at radius 2 is 1.50 bits per heavy atom. The predicted molar refractivity (Wildman–Crippen MR) is 90.5 cm³/mol. The maximum absolute atomic E-state index is 5.83. The Hall–Kier alpha value is -1.90. The van der Waals surface area contributed by atoms with Gasteiger partial charge in [0.25, 0.3) is 0 Å². The van der Waals surface area contributed by atoms with E-state index >= 15 is 0 Å². The van der Waals surface area contributed by atoms with Gasteiger partial charge in [-0.2, -0.15) is 0 Å². The van der Waals surface area contributed by atoms with Crippen LogP contribution < -0.4 is 0 Å². The number of rotatable bonds is 6. The van der Waals surface area contributed by atoms with Gasteiger partial charge in [-0.3, -0.25) is 4.90 Å². The van der Waals surface area contributed by atoms with Crippen molar-refractivity contribution in [3.05, 3.63) is 83.4 Å². The molecular weight excluding hydrogens is 270 g/mol. The van der Waals surface area contributed by atoms with Crippen LogP contribution in [0.2, 0.25) is 0 Å². The van der Waals surface area contributed by atoms with E-state index in [9.17, 15) is 0 Å². The second-order valence-electron chi connectivity index (χ2n) is 5.81. The summed E-state index contributed by atoms with van der Waals surface area (Å²) in [6.45, 7) is 4.64. The van der Waals surface area contributed by atoms with E-state index in [1.807, 2.05) is 6.07 Å². The van der Waals surface area contributed by atoms with E-state index in [2.05, 4.69) is 65.6 Å². The standard InChI is InChI=1S/C20H23NO/c1-3-7-18(8-4-1)15-21-13-11-20(12-14-21)17-22-16-19-9-5-2-6-10-19/h1-11H,12-17H2. The molecule has 2 aromatic rings. The smallest absolute Gasteiger partial charge is 0.0721 e. The normalized spacial score (nSPS) is 15.5. The molecule has 1 aliphatic heterocycles. The van der Waals surface area contributed by atoms with Crippen molar-refractivity contribution >= 4 is 0 Å². The van der Waals surface area contributed by atoms with E-state index in [1.165, 1.54) is 16.7 Å². The van der Waals surface area contributed by atoms with E-state index in [4.69, 9.17) is 4.74 Å². The number of hydrogen-bond acceptors (Lipinski definition) is 2. The van der Waals surface area contributed by atoms with E-state index < -0.39 is 0 Å². The molecule has 0 aliphatic carbocycles. The highest BCUT2D eigenvalue weighted by Crippen LogP contribution is 2.14. The van der Waals surface area contributed by atoms with Gasteiger partial charge in [-0.05, 0) is 23.1 Å². The van der Waals surface area contributed by atoms with Gasteiger partial charge in [-0.25, -0.2) is 0 Å². The largest absolute Gasteiger partial charge is 0.372 e. The summed E-state index contributed by atoms with van der Waals surface area (Å²) < 4.78 is 5.83. The summed E-state index contributed by atoms with van der Waals surface area (Å²) in [5.74, 6) is 0. The molecule has 0 radical (unpaired) electrons. The molecule has 3 rings (SSSR count). The molecular formula is C20H23NO. The van der Waals surface area contributed by atoms with Gasteiger partial charge in [0, 0.05) is 19.6 Å². The quantitative estimate of drug-likeness (QED) is 0.745. The summed E-state index contributed by atoms with van der Waals surface area (Å²) >= 11 is 0. The summed E-state index contributed by atoms with van der Waals surface area (Å²) in [4.78, 5) is 2.48. The molecule has 0 atom stereocenters. The lowest BCUT2D eigenvalue weighted by Gasteiger charge is -2.26. The Morgan fingerprint density at radius 3 is 2.14 bits per heavy atom. The van der Waals surface area contributed by atoms with Crippen molar-refractivity contribution in [2.24, 2.45) is 0 Å². The van der Waals surface area contributed by atoms with Crippen LogP contribution in [0.1, 0.15) is 17.5 Å². The number of ether oxygens (including phenoxy) is 1. The molecule has 114 valence electrons. The summed E-state index contributed by atoms with van der Waals surface area (Å²) in [5, 5.41) is 0. The van der Waals surface area contributed by atoms with Crippen LogP contribution in [0.5, 0.6) is 0 Å². The summed E-state index contributed by atoms with van der Waals surface area (Å²) in [6, 6.07) is 21.0. The minimum Gasteiger partial charge on any atom is -0.372 e. The van der Waals surface area contributed by atoms with E-state index in [1.54, 1.807) is 0 Å². The monoisotopic (exact) mass is 293 g/mol. The Bertz CT molecular complexity index is 592. The highest BCUT2D eigenvalue weighted by atomic mass is 16.5. The summed E-state index contributed by atoms with van der Waals surface area (Å²) in [6.07, 6.45) is 3.44. The first-order chi connectivity index (χ1) is 10.9. The second kappa shape index (κ2) is 7.92. The van der Waals surface area contributed by atoms with Crippen molar-refractivity contribution in [3.8, 4) is 0 Å². The SMILES string of the molecule is C1=C(COCc2ccccc2)CCN(Cc2ccccc2)C1. The Balaban J connectivity index is 1.41. The lowest BCUT2D eigenvalue weighted by Crippen LogP contribution is -2.29. The Morgan fingerprint density at radius 1 is 0.818 bits per heavy atom. The first-order valence-electron chi connectivity index (χ1n) is 7.96. The average Bonchev–Trinajstić information content (AvgIpc) is 2.58. The third kappa shape index (κ3) is 4.55. The minimum atomic E-state index is 0.700. The Kier molecular flexibility index (Phi) is 5.41. The highest BCUT2D eigenvalue weighted by Gasteiger charge is 2.11. The van der Waals surface area contributed by atoms with Gasteiger partial charge in [0.2, 0.25) is 0 Å².